The largest absolute Gasteiger partial charge is 0.359 e. The lowest BCUT2D eigenvalue weighted by atomic mass is 10.3. The van der Waals surface area contributed by atoms with Gasteiger partial charge in [0.25, 0.3) is 0 Å². The number of anilines is 1. The van der Waals surface area contributed by atoms with Gasteiger partial charge in [-0.25, -0.2) is 4.98 Å². The molecule has 2 nitrogen and oxygen atoms in total. The van der Waals surface area contributed by atoms with Crippen LogP contribution in [0.4, 0.5) is 5.13 Å². The normalized spacial score (nSPS) is 13.0. The molecule has 0 saturated heterocycles. The SMILES string of the molecule is CCC(C)Nc1nc(Br)cs1. The number of nitrogens with one attached hydrogen (secondary N) is 1. The van der Waals surface area contributed by atoms with E-state index in [-0.39, 0.29) is 0 Å². The van der Waals surface area contributed by atoms with E-state index in [4.69, 9.17) is 0 Å². The first-order valence-corrected chi connectivity index (χ1v) is 5.27. The zero-order valence-electron chi connectivity index (χ0n) is 6.60. The van der Waals surface area contributed by atoms with Crippen LogP contribution < -0.4 is 5.32 Å². The van der Waals surface area contributed by atoms with Gasteiger partial charge in [0.15, 0.2) is 5.13 Å². The van der Waals surface area contributed by atoms with Gasteiger partial charge in [-0.2, -0.15) is 0 Å². The molecule has 4 heteroatoms. The van der Waals surface area contributed by atoms with E-state index in [9.17, 15) is 0 Å². The number of halogens is 1. The number of nitrogens with zero attached hydrogens (tertiary/aromatic N) is 1. The monoisotopic (exact) mass is 234 g/mol. The molecular weight excluding hydrogens is 224 g/mol. The molecule has 0 bridgehead atoms. The van der Waals surface area contributed by atoms with Gasteiger partial charge in [-0.3, -0.25) is 0 Å². The van der Waals surface area contributed by atoms with Crippen LogP contribution in [0.2, 0.25) is 0 Å². The molecule has 1 N–H and O–H groups in total. The first kappa shape index (κ1) is 9.00. The Morgan fingerprint density at radius 2 is 2.55 bits per heavy atom. The lowest BCUT2D eigenvalue weighted by Gasteiger charge is -2.08. The summed E-state index contributed by atoms with van der Waals surface area (Å²) >= 11 is 4.93. The third-order valence-electron chi connectivity index (χ3n) is 1.46. The first-order valence-electron chi connectivity index (χ1n) is 3.60. The highest BCUT2D eigenvalue weighted by atomic mass is 79.9. The maximum Gasteiger partial charge on any atom is 0.183 e. The Hall–Kier alpha value is -0.0900. The van der Waals surface area contributed by atoms with Gasteiger partial charge in [0.05, 0.1) is 0 Å². The summed E-state index contributed by atoms with van der Waals surface area (Å²) in [5.41, 5.74) is 0. The van der Waals surface area contributed by atoms with Crippen LogP contribution in [0.15, 0.2) is 9.98 Å². The van der Waals surface area contributed by atoms with Crippen LogP contribution in [0, 0.1) is 0 Å². The van der Waals surface area contributed by atoms with Crippen molar-refractivity contribution in [3.05, 3.63) is 9.98 Å². The fourth-order valence-corrected chi connectivity index (χ4v) is 1.89. The molecule has 0 amide bonds. The smallest absolute Gasteiger partial charge is 0.183 e. The molecule has 1 heterocycles. The third kappa shape index (κ3) is 2.79. The Morgan fingerprint density at radius 1 is 1.82 bits per heavy atom. The molecule has 0 radical (unpaired) electrons. The van der Waals surface area contributed by atoms with Gasteiger partial charge in [-0.1, -0.05) is 6.92 Å². The predicted molar refractivity (Wildman–Crippen MR) is 53.2 cm³/mol. The molecule has 1 rings (SSSR count). The van der Waals surface area contributed by atoms with Crippen molar-refractivity contribution in [2.75, 3.05) is 5.32 Å². The maximum atomic E-state index is 4.22. The molecule has 62 valence electrons. The molecule has 1 atom stereocenters. The van der Waals surface area contributed by atoms with Gasteiger partial charge in [0.1, 0.15) is 4.60 Å². The molecule has 0 spiro atoms. The van der Waals surface area contributed by atoms with E-state index in [1.54, 1.807) is 11.3 Å². The summed E-state index contributed by atoms with van der Waals surface area (Å²) in [6.07, 6.45) is 1.12. The summed E-state index contributed by atoms with van der Waals surface area (Å²) in [7, 11) is 0. The molecule has 1 aromatic rings. The highest BCUT2D eigenvalue weighted by molar-refractivity contribution is 9.10. The maximum absolute atomic E-state index is 4.22. The van der Waals surface area contributed by atoms with Crippen LogP contribution in [-0.4, -0.2) is 11.0 Å². The quantitative estimate of drug-likeness (QED) is 0.870. The summed E-state index contributed by atoms with van der Waals surface area (Å²) < 4.78 is 0.910. The van der Waals surface area contributed by atoms with Gasteiger partial charge in [0, 0.05) is 11.4 Å². The van der Waals surface area contributed by atoms with Crippen molar-refractivity contribution < 1.29 is 0 Å². The molecule has 0 saturated carbocycles. The van der Waals surface area contributed by atoms with Crippen molar-refractivity contribution in [1.82, 2.24) is 4.98 Å². The van der Waals surface area contributed by atoms with E-state index in [1.165, 1.54) is 0 Å². The van der Waals surface area contributed by atoms with E-state index in [0.29, 0.717) is 6.04 Å². The van der Waals surface area contributed by atoms with Crippen molar-refractivity contribution in [1.29, 1.82) is 0 Å². The molecule has 0 aliphatic carbocycles. The van der Waals surface area contributed by atoms with Crippen LogP contribution in [0.1, 0.15) is 20.3 Å². The highest BCUT2D eigenvalue weighted by Gasteiger charge is 2.01. The van der Waals surface area contributed by atoms with Gasteiger partial charge in [0.2, 0.25) is 0 Å². The number of thiazole rings is 1. The molecule has 1 unspecified atom stereocenters. The molecular formula is C7H11BrN2S. The van der Waals surface area contributed by atoms with E-state index in [0.717, 1.165) is 16.2 Å². The van der Waals surface area contributed by atoms with E-state index in [2.05, 4.69) is 40.1 Å². The first-order chi connectivity index (χ1) is 5.22. The van der Waals surface area contributed by atoms with E-state index < -0.39 is 0 Å². The average molecular weight is 235 g/mol. The molecule has 11 heavy (non-hydrogen) atoms. The van der Waals surface area contributed by atoms with Crippen molar-refractivity contribution in [2.45, 2.75) is 26.3 Å². The van der Waals surface area contributed by atoms with Crippen molar-refractivity contribution in [3.8, 4) is 0 Å². The zero-order chi connectivity index (χ0) is 8.27. The summed E-state index contributed by atoms with van der Waals surface area (Å²) in [5.74, 6) is 0. The van der Waals surface area contributed by atoms with Crippen LogP contribution >= 0.6 is 27.3 Å². The second-order valence-electron chi connectivity index (χ2n) is 2.43. The minimum atomic E-state index is 0.507. The van der Waals surface area contributed by atoms with Gasteiger partial charge in [-0.05, 0) is 29.3 Å². The van der Waals surface area contributed by atoms with Crippen LogP contribution in [0.5, 0.6) is 0 Å². The lowest BCUT2D eigenvalue weighted by molar-refractivity contribution is 0.762. The number of rotatable bonds is 3. The Labute approximate surface area is 79.2 Å². The molecule has 0 fully saturated rings. The van der Waals surface area contributed by atoms with Gasteiger partial charge in [-0.15, -0.1) is 11.3 Å². The lowest BCUT2D eigenvalue weighted by Crippen LogP contribution is -2.12. The van der Waals surface area contributed by atoms with Crippen LogP contribution in [-0.2, 0) is 0 Å². The molecule has 1 aromatic heterocycles. The number of hydrogen-bond donors (Lipinski definition) is 1. The summed E-state index contributed by atoms with van der Waals surface area (Å²) in [6, 6.07) is 0.507. The minimum absolute atomic E-state index is 0.507. The summed E-state index contributed by atoms with van der Waals surface area (Å²) in [4.78, 5) is 4.22. The molecule has 0 aliphatic rings. The van der Waals surface area contributed by atoms with Crippen molar-refractivity contribution in [2.24, 2.45) is 0 Å². The highest BCUT2D eigenvalue weighted by Crippen LogP contribution is 2.20. The number of aromatic nitrogens is 1. The van der Waals surface area contributed by atoms with Crippen LogP contribution in [0.25, 0.3) is 0 Å². The Bertz CT molecular complexity index is 224. The minimum Gasteiger partial charge on any atom is -0.359 e. The van der Waals surface area contributed by atoms with Gasteiger partial charge >= 0.3 is 0 Å². The van der Waals surface area contributed by atoms with Crippen molar-refractivity contribution in [3.63, 3.8) is 0 Å². The summed E-state index contributed by atoms with van der Waals surface area (Å²) in [6.45, 7) is 4.30. The second-order valence-corrected chi connectivity index (χ2v) is 4.10. The third-order valence-corrected chi connectivity index (χ3v) is 2.94. The average Bonchev–Trinajstić information content (AvgIpc) is 2.35. The number of hydrogen-bond acceptors (Lipinski definition) is 3. The molecule has 0 aliphatic heterocycles. The molecule has 0 aromatic carbocycles. The Kier molecular flexibility index (Phi) is 3.33. The Balaban J connectivity index is 2.50. The fraction of sp³-hybridized carbons (Fsp3) is 0.571. The zero-order valence-corrected chi connectivity index (χ0v) is 9.00. The second kappa shape index (κ2) is 4.07. The fourth-order valence-electron chi connectivity index (χ4n) is 0.633. The predicted octanol–water partition coefficient (Wildman–Crippen LogP) is 3.12. The Morgan fingerprint density at radius 3 is 3.00 bits per heavy atom. The van der Waals surface area contributed by atoms with E-state index in [1.807, 2.05) is 5.38 Å². The standard InChI is InChI=1S/C7H11BrN2S/c1-3-5(2)9-7-10-6(8)4-11-7/h4-5H,3H2,1-2H3,(H,9,10). The van der Waals surface area contributed by atoms with Crippen molar-refractivity contribution >= 4 is 32.4 Å². The van der Waals surface area contributed by atoms with Crippen LogP contribution in [0.3, 0.4) is 0 Å². The van der Waals surface area contributed by atoms with E-state index >= 15 is 0 Å². The summed E-state index contributed by atoms with van der Waals surface area (Å²) in [5, 5.41) is 6.26. The topological polar surface area (TPSA) is 24.9 Å². The van der Waals surface area contributed by atoms with Gasteiger partial charge < -0.3 is 5.32 Å².